The number of alkyl halides is 2. The first-order valence-corrected chi connectivity index (χ1v) is 5.58. The molecular formula is C12H15F2N3. The average molecular weight is 239 g/mol. The highest BCUT2D eigenvalue weighted by Gasteiger charge is 2.21. The van der Waals surface area contributed by atoms with Gasteiger partial charge in [0.1, 0.15) is 0 Å². The number of guanidine groups is 1. The Hall–Kier alpha value is -1.65. The number of benzene rings is 1. The molecule has 3 nitrogen and oxygen atoms in total. The Labute approximate surface area is 98.7 Å². The maximum atomic E-state index is 12.3. The summed E-state index contributed by atoms with van der Waals surface area (Å²) in [6.07, 6.45) is -0.146. The van der Waals surface area contributed by atoms with Gasteiger partial charge >= 0.3 is 0 Å². The Morgan fingerprint density at radius 1 is 1.35 bits per heavy atom. The molecule has 0 aliphatic heterocycles. The van der Waals surface area contributed by atoms with Gasteiger partial charge < -0.3 is 11.1 Å². The van der Waals surface area contributed by atoms with E-state index in [4.69, 9.17) is 5.73 Å². The maximum absolute atomic E-state index is 12.3. The molecule has 1 aliphatic carbocycles. The zero-order chi connectivity index (χ0) is 12.3. The molecule has 0 saturated heterocycles. The number of rotatable bonds is 4. The van der Waals surface area contributed by atoms with Gasteiger partial charge in [-0.1, -0.05) is 24.3 Å². The van der Waals surface area contributed by atoms with E-state index in [9.17, 15) is 8.78 Å². The molecule has 92 valence electrons. The lowest BCUT2D eigenvalue weighted by Gasteiger charge is -2.04. The summed E-state index contributed by atoms with van der Waals surface area (Å²) in [6, 6.07) is 6.60. The first-order valence-electron chi connectivity index (χ1n) is 5.58. The highest BCUT2D eigenvalue weighted by Crippen LogP contribution is 2.19. The SMILES string of the molecule is NC(=NCc1ccc(C(F)F)cc1)NC1CC1. The number of hydrogen-bond donors (Lipinski definition) is 2. The van der Waals surface area contributed by atoms with Crippen molar-refractivity contribution in [2.75, 3.05) is 0 Å². The molecule has 0 radical (unpaired) electrons. The summed E-state index contributed by atoms with van der Waals surface area (Å²) in [7, 11) is 0. The molecule has 0 aromatic heterocycles. The molecule has 17 heavy (non-hydrogen) atoms. The number of nitrogens with two attached hydrogens (primary N) is 1. The molecular weight excluding hydrogens is 224 g/mol. The third-order valence-electron chi connectivity index (χ3n) is 2.59. The van der Waals surface area contributed by atoms with Crippen LogP contribution in [0, 0.1) is 0 Å². The molecule has 0 atom stereocenters. The van der Waals surface area contributed by atoms with Gasteiger partial charge in [0.05, 0.1) is 6.54 Å². The summed E-state index contributed by atoms with van der Waals surface area (Å²) in [5, 5.41) is 3.06. The fourth-order valence-corrected chi connectivity index (χ4v) is 1.43. The molecule has 1 aliphatic rings. The monoisotopic (exact) mass is 239 g/mol. The lowest BCUT2D eigenvalue weighted by Crippen LogP contribution is -2.33. The van der Waals surface area contributed by atoms with Crippen LogP contribution in [0.1, 0.15) is 30.4 Å². The summed E-state index contributed by atoms with van der Waals surface area (Å²) in [5.41, 5.74) is 6.56. The molecule has 0 heterocycles. The molecule has 0 unspecified atom stereocenters. The highest BCUT2D eigenvalue weighted by atomic mass is 19.3. The van der Waals surface area contributed by atoms with Crippen molar-refractivity contribution in [1.82, 2.24) is 5.32 Å². The minimum atomic E-state index is -2.42. The van der Waals surface area contributed by atoms with Crippen LogP contribution in [0.2, 0.25) is 0 Å². The smallest absolute Gasteiger partial charge is 0.263 e. The summed E-state index contributed by atoms with van der Waals surface area (Å²) in [6.45, 7) is 0.412. The third kappa shape index (κ3) is 3.69. The van der Waals surface area contributed by atoms with Gasteiger partial charge in [0, 0.05) is 11.6 Å². The van der Waals surface area contributed by atoms with Gasteiger partial charge in [0.15, 0.2) is 5.96 Å². The van der Waals surface area contributed by atoms with Crippen LogP contribution in [-0.4, -0.2) is 12.0 Å². The van der Waals surface area contributed by atoms with E-state index in [1.165, 1.54) is 12.1 Å². The van der Waals surface area contributed by atoms with Gasteiger partial charge in [-0.15, -0.1) is 0 Å². The van der Waals surface area contributed by atoms with Crippen LogP contribution in [0.25, 0.3) is 0 Å². The second-order valence-corrected chi connectivity index (χ2v) is 4.16. The normalized spacial score (nSPS) is 16.3. The molecule has 0 amide bonds. The van der Waals surface area contributed by atoms with E-state index in [2.05, 4.69) is 10.3 Å². The van der Waals surface area contributed by atoms with Gasteiger partial charge in [-0.3, -0.25) is 0 Å². The predicted molar refractivity (Wildman–Crippen MR) is 62.9 cm³/mol. The van der Waals surface area contributed by atoms with Crippen molar-refractivity contribution >= 4 is 5.96 Å². The number of hydrogen-bond acceptors (Lipinski definition) is 1. The molecule has 2 rings (SSSR count). The van der Waals surface area contributed by atoms with Gasteiger partial charge in [-0.05, 0) is 18.4 Å². The Kier molecular flexibility index (Phi) is 3.56. The van der Waals surface area contributed by atoms with Crippen molar-refractivity contribution in [2.24, 2.45) is 10.7 Å². The molecule has 1 aromatic rings. The Morgan fingerprint density at radius 2 is 2.00 bits per heavy atom. The molecule has 0 spiro atoms. The first kappa shape index (κ1) is 11.8. The van der Waals surface area contributed by atoms with E-state index in [0.717, 1.165) is 18.4 Å². The summed E-state index contributed by atoms with van der Waals surface area (Å²) < 4.78 is 24.6. The van der Waals surface area contributed by atoms with Crippen LogP contribution in [-0.2, 0) is 6.54 Å². The number of nitrogens with one attached hydrogen (secondary N) is 1. The number of nitrogens with zero attached hydrogens (tertiary/aromatic N) is 1. The van der Waals surface area contributed by atoms with Crippen molar-refractivity contribution in [3.63, 3.8) is 0 Å². The summed E-state index contributed by atoms with van der Waals surface area (Å²) in [4.78, 5) is 4.14. The number of halogens is 2. The topological polar surface area (TPSA) is 50.4 Å². The van der Waals surface area contributed by atoms with Gasteiger partial charge in [-0.2, -0.15) is 0 Å². The molecule has 0 bridgehead atoms. The quantitative estimate of drug-likeness (QED) is 0.625. The lowest BCUT2D eigenvalue weighted by atomic mass is 10.1. The molecule has 1 fully saturated rings. The Bertz CT molecular complexity index is 397. The zero-order valence-electron chi connectivity index (χ0n) is 9.37. The van der Waals surface area contributed by atoms with Crippen molar-refractivity contribution in [3.8, 4) is 0 Å². The van der Waals surface area contributed by atoms with Crippen molar-refractivity contribution < 1.29 is 8.78 Å². The van der Waals surface area contributed by atoms with Gasteiger partial charge in [0.2, 0.25) is 0 Å². The van der Waals surface area contributed by atoms with Crippen molar-refractivity contribution in [3.05, 3.63) is 35.4 Å². The van der Waals surface area contributed by atoms with Crippen LogP contribution in [0.4, 0.5) is 8.78 Å². The molecule has 3 N–H and O–H groups in total. The highest BCUT2D eigenvalue weighted by molar-refractivity contribution is 5.78. The second kappa shape index (κ2) is 5.12. The average Bonchev–Trinajstić information content (AvgIpc) is 3.11. The van der Waals surface area contributed by atoms with Crippen molar-refractivity contribution in [2.45, 2.75) is 31.9 Å². The predicted octanol–water partition coefficient (Wildman–Crippen LogP) is 2.19. The van der Waals surface area contributed by atoms with E-state index >= 15 is 0 Å². The van der Waals surface area contributed by atoms with Crippen molar-refractivity contribution in [1.29, 1.82) is 0 Å². The van der Waals surface area contributed by atoms with Crippen LogP contribution in [0.5, 0.6) is 0 Å². The molecule has 1 aromatic carbocycles. The molecule has 1 saturated carbocycles. The van der Waals surface area contributed by atoms with Gasteiger partial charge in [-0.25, -0.2) is 13.8 Å². The largest absolute Gasteiger partial charge is 0.370 e. The van der Waals surface area contributed by atoms with E-state index in [1.54, 1.807) is 12.1 Å². The van der Waals surface area contributed by atoms with Crippen LogP contribution >= 0.6 is 0 Å². The lowest BCUT2D eigenvalue weighted by molar-refractivity contribution is 0.151. The number of aliphatic imine (C=N–C) groups is 1. The second-order valence-electron chi connectivity index (χ2n) is 4.16. The third-order valence-corrected chi connectivity index (χ3v) is 2.59. The zero-order valence-corrected chi connectivity index (χ0v) is 9.37. The minimum absolute atomic E-state index is 0.0295. The summed E-state index contributed by atoms with van der Waals surface area (Å²) in [5.74, 6) is 0.422. The standard InChI is InChI=1S/C12H15F2N3/c13-11(14)9-3-1-8(2-4-9)7-16-12(15)17-10-5-6-10/h1-4,10-11H,5-7H2,(H3,15,16,17). The van der Waals surface area contributed by atoms with Crippen LogP contribution < -0.4 is 11.1 Å². The minimum Gasteiger partial charge on any atom is -0.370 e. The fraction of sp³-hybridized carbons (Fsp3) is 0.417. The van der Waals surface area contributed by atoms with Crippen LogP contribution in [0.15, 0.2) is 29.3 Å². The Morgan fingerprint density at radius 3 is 2.53 bits per heavy atom. The van der Waals surface area contributed by atoms with Gasteiger partial charge in [0.25, 0.3) is 6.43 Å². The molecule has 5 heteroatoms. The fourth-order valence-electron chi connectivity index (χ4n) is 1.43. The van der Waals surface area contributed by atoms with E-state index in [0.29, 0.717) is 18.5 Å². The summed E-state index contributed by atoms with van der Waals surface area (Å²) >= 11 is 0. The Balaban J connectivity index is 1.89. The first-order chi connectivity index (χ1) is 8.15. The van der Waals surface area contributed by atoms with Crippen LogP contribution in [0.3, 0.4) is 0 Å². The maximum Gasteiger partial charge on any atom is 0.263 e. The van der Waals surface area contributed by atoms with E-state index in [-0.39, 0.29) is 5.56 Å². The van der Waals surface area contributed by atoms with E-state index < -0.39 is 6.43 Å². The van der Waals surface area contributed by atoms with E-state index in [1.807, 2.05) is 0 Å².